The molecule has 114 valence electrons. The standard InChI is InChI=1S/C19H21FN2/c20-14-10-8-13(9-11-14)12-22-17-6-2-1-4-15(17)19(21)16-5-3-7-18(16)22/h8-11,21H,1-7,12H2. The molecule has 0 fully saturated rings. The minimum atomic E-state index is -0.178. The molecule has 0 bridgehead atoms. The molecule has 2 aliphatic rings. The molecule has 0 aliphatic heterocycles. The first-order valence-corrected chi connectivity index (χ1v) is 8.29. The van der Waals surface area contributed by atoms with E-state index in [2.05, 4.69) is 4.57 Å². The Hall–Kier alpha value is -1.90. The first-order valence-electron chi connectivity index (χ1n) is 8.29. The third-order valence-corrected chi connectivity index (χ3v) is 5.14. The number of nitrogens with one attached hydrogen (secondary N) is 1. The van der Waals surface area contributed by atoms with Crippen molar-refractivity contribution in [3.63, 3.8) is 0 Å². The molecule has 4 rings (SSSR count). The number of halogens is 1. The fourth-order valence-corrected chi connectivity index (χ4v) is 4.06. The molecule has 0 amide bonds. The number of hydrogen-bond acceptors (Lipinski definition) is 1. The van der Waals surface area contributed by atoms with Gasteiger partial charge < -0.3 is 9.98 Å². The van der Waals surface area contributed by atoms with Crippen molar-refractivity contribution in [2.75, 3.05) is 0 Å². The number of nitrogens with zero attached hydrogens (tertiary/aromatic N) is 1. The van der Waals surface area contributed by atoms with E-state index in [4.69, 9.17) is 5.41 Å². The van der Waals surface area contributed by atoms with Crippen molar-refractivity contribution in [3.05, 3.63) is 63.5 Å². The predicted octanol–water partition coefficient (Wildman–Crippen LogP) is 3.52. The van der Waals surface area contributed by atoms with Gasteiger partial charge in [0.2, 0.25) is 0 Å². The summed E-state index contributed by atoms with van der Waals surface area (Å²) in [7, 11) is 0. The normalized spacial score (nSPS) is 16.4. The lowest BCUT2D eigenvalue weighted by Gasteiger charge is -2.26. The van der Waals surface area contributed by atoms with Crippen molar-refractivity contribution in [2.24, 2.45) is 0 Å². The maximum atomic E-state index is 13.1. The second-order valence-electron chi connectivity index (χ2n) is 6.50. The summed E-state index contributed by atoms with van der Waals surface area (Å²) in [5.74, 6) is -0.178. The summed E-state index contributed by atoms with van der Waals surface area (Å²) in [6, 6.07) is 6.85. The molecule has 2 aromatic rings. The number of benzene rings is 1. The second-order valence-corrected chi connectivity index (χ2v) is 6.50. The molecule has 1 aromatic heterocycles. The van der Waals surface area contributed by atoms with Gasteiger partial charge in [-0.25, -0.2) is 4.39 Å². The topological polar surface area (TPSA) is 28.8 Å². The lowest BCUT2D eigenvalue weighted by atomic mass is 9.92. The first-order chi connectivity index (χ1) is 10.7. The van der Waals surface area contributed by atoms with Gasteiger partial charge in [-0.05, 0) is 73.8 Å². The zero-order valence-corrected chi connectivity index (χ0v) is 12.8. The zero-order valence-electron chi connectivity index (χ0n) is 12.8. The van der Waals surface area contributed by atoms with Crippen LogP contribution in [0.2, 0.25) is 0 Å². The molecule has 2 aliphatic carbocycles. The average molecular weight is 296 g/mol. The maximum absolute atomic E-state index is 13.1. The highest BCUT2D eigenvalue weighted by atomic mass is 19.1. The van der Waals surface area contributed by atoms with Crippen LogP contribution in [0.4, 0.5) is 4.39 Å². The van der Waals surface area contributed by atoms with E-state index >= 15 is 0 Å². The van der Waals surface area contributed by atoms with Gasteiger partial charge in [0, 0.05) is 17.9 Å². The van der Waals surface area contributed by atoms with Gasteiger partial charge in [-0.3, -0.25) is 0 Å². The maximum Gasteiger partial charge on any atom is 0.123 e. The fourth-order valence-electron chi connectivity index (χ4n) is 4.06. The predicted molar refractivity (Wildman–Crippen MR) is 84.5 cm³/mol. The summed E-state index contributed by atoms with van der Waals surface area (Å²) in [4.78, 5) is 0. The molecule has 1 aromatic carbocycles. The number of aromatic nitrogens is 1. The Balaban J connectivity index is 1.86. The van der Waals surface area contributed by atoms with E-state index in [1.54, 1.807) is 12.1 Å². The SMILES string of the molecule is N=c1c2c(n(Cc3ccc(F)cc3)c3c1CCC3)CCCC2. The summed E-state index contributed by atoms with van der Waals surface area (Å²) in [5.41, 5.74) is 6.40. The van der Waals surface area contributed by atoms with Gasteiger partial charge >= 0.3 is 0 Å². The van der Waals surface area contributed by atoms with Crippen molar-refractivity contribution in [1.82, 2.24) is 4.57 Å². The Labute approximate surface area is 130 Å². The summed E-state index contributed by atoms with van der Waals surface area (Å²) in [6.07, 6.45) is 7.83. The summed E-state index contributed by atoms with van der Waals surface area (Å²) >= 11 is 0. The van der Waals surface area contributed by atoms with E-state index in [-0.39, 0.29) is 5.82 Å². The third-order valence-electron chi connectivity index (χ3n) is 5.14. The summed E-state index contributed by atoms with van der Waals surface area (Å²) in [6.45, 7) is 0.811. The highest BCUT2D eigenvalue weighted by molar-refractivity contribution is 5.36. The minimum absolute atomic E-state index is 0.178. The van der Waals surface area contributed by atoms with Gasteiger partial charge in [0.1, 0.15) is 5.82 Å². The highest BCUT2D eigenvalue weighted by Crippen LogP contribution is 2.27. The van der Waals surface area contributed by atoms with Crippen LogP contribution in [0.25, 0.3) is 0 Å². The van der Waals surface area contributed by atoms with Crippen molar-refractivity contribution in [1.29, 1.82) is 5.41 Å². The zero-order chi connectivity index (χ0) is 15.1. The Bertz CT molecular complexity index is 772. The highest BCUT2D eigenvalue weighted by Gasteiger charge is 2.24. The number of fused-ring (bicyclic) bond motifs is 2. The molecule has 0 saturated heterocycles. The van der Waals surface area contributed by atoms with Crippen LogP contribution in [0.5, 0.6) is 0 Å². The summed E-state index contributed by atoms with van der Waals surface area (Å²) < 4.78 is 15.6. The molecule has 0 spiro atoms. The van der Waals surface area contributed by atoms with Crippen molar-refractivity contribution in [2.45, 2.75) is 51.5 Å². The number of pyridine rings is 1. The van der Waals surface area contributed by atoms with E-state index in [0.717, 1.165) is 49.6 Å². The van der Waals surface area contributed by atoms with E-state index in [1.165, 1.54) is 35.4 Å². The second kappa shape index (κ2) is 5.38. The van der Waals surface area contributed by atoms with Crippen LogP contribution in [0, 0.1) is 11.2 Å². The quantitative estimate of drug-likeness (QED) is 0.878. The van der Waals surface area contributed by atoms with Gasteiger partial charge in [0.25, 0.3) is 0 Å². The van der Waals surface area contributed by atoms with Gasteiger partial charge in [-0.1, -0.05) is 12.1 Å². The Morgan fingerprint density at radius 1 is 0.864 bits per heavy atom. The minimum Gasteiger partial charge on any atom is -0.344 e. The largest absolute Gasteiger partial charge is 0.344 e. The molecule has 0 saturated carbocycles. The van der Waals surface area contributed by atoms with Crippen molar-refractivity contribution in [3.8, 4) is 0 Å². The lowest BCUT2D eigenvalue weighted by Crippen LogP contribution is -2.27. The van der Waals surface area contributed by atoms with E-state index in [0.29, 0.717) is 0 Å². The molecule has 1 heterocycles. The Kier molecular flexibility index (Phi) is 3.36. The number of hydrogen-bond donors (Lipinski definition) is 1. The molecular formula is C19H21FN2. The lowest BCUT2D eigenvalue weighted by molar-refractivity contribution is 0.588. The van der Waals surface area contributed by atoms with Crippen LogP contribution in [-0.2, 0) is 32.2 Å². The molecular weight excluding hydrogens is 275 g/mol. The first kappa shape index (κ1) is 13.7. The van der Waals surface area contributed by atoms with Gasteiger partial charge in [0.15, 0.2) is 0 Å². The van der Waals surface area contributed by atoms with Crippen LogP contribution in [-0.4, -0.2) is 4.57 Å². The summed E-state index contributed by atoms with van der Waals surface area (Å²) in [5, 5.41) is 9.36. The van der Waals surface area contributed by atoms with Crippen LogP contribution in [0.15, 0.2) is 24.3 Å². The number of rotatable bonds is 2. The van der Waals surface area contributed by atoms with Crippen molar-refractivity contribution >= 4 is 0 Å². The van der Waals surface area contributed by atoms with E-state index in [9.17, 15) is 4.39 Å². The van der Waals surface area contributed by atoms with Crippen LogP contribution in [0.3, 0.4) is 0 Å². The Morgan fingerprint density at radius 3 is 2.18 bits per heavy atom. The van der Waals surface area contributed by atoms with E-state index < -0.39 is 0 Å². The smallest absolute Gasteiger partial charge is 0.123 e. The molecule has 0 radical (unpaired) electrons. The average Bonchev–Trinajstić information content (AvgIpc) is 3.03. The van der Waals surface area contributed by atoms with Crippen LogP contribution in [0.1, 0.15) is 47.3 Å². The van der Waals surface area contributed by atoms with Gasteiger partial charge in [-0.2, -0.15) is 0 Å². The molecule has 1 N–H and O–H groups in total. The van der Waals surface area contributed by atoms with Gasteiger partial charge in [0.05, 0.1) is 5.36 Å². The molecule has 3 heteroatoms. The van der Waals surface area contributed by atoms with Crippen molar-refractivity contribution < 1.29 is 4.39 Å². The van der Waals surface area contributed by atoms with Crippen LogP contribution >= 0.6 is 0 Å². The van der Waals surface area contributed by atoms with E-state index in [1.807, 2.05) is 12.1 Å². The Morgan fingerprint density at radius 2 is 1.45 bits per heavy atom. The van der Waals surface area contributed by atoms with Gasteiger partial charge in [-0.15, -0.1) is 0 Å². The molecule has 22 heavy (non-hydrogen) atoms. The molecule has 0 atom stereocenters. The molecule has 0 unspecified atom stereocenters. The third kappa shape index (κ3) is 2.20. The fraction of sp³-hybridized carbons (Fsp3) is 0.421. The van der Waals surface area contributed by atoms with Crippen LogP contribution < -0.4 is 5.36 Å². The monoisotopic (exact) mass is 296 g/mol. The molecule has 2 nitrogen and oxygen atoms in total.